The minimum absolute atomic E-state index is 0.00824. The molecule has 1 saturated heterocycles. The van der Waals surface area contributed by atoms with Gasteiger partial charge in [-0.25, -0.2) is 0 Å². The number of hydrogen-bond acceptors (Lipinski definition) is 6. The van der Waals surface area contributed by atoms with Crippen molar-refractivity contribution in [1.29, 1.82) is 0 Å². The molecule has 0 bridgehead atoms. The molecule has 2 heterocycles. The molecule has 2 amide bonds. The van der Waals surface area contributed by atoms with E-state index in [-0.39, 0.29) is 24.3 Å². The maximum atomic E-state index is 13.0. The smallest absolute Gasteiger partial charge is 0.242 e. The van der Waals surface area contributed by atoms with Crippen molar-refractivity contribution in [2.75, 3.05) is 51.3 Å². The van der Waals surface area contributed by atoms with Crippen molar-refractivity contribution in [3.05, 3.63) is 49.1 Å². The molecule has 8 nitrogen and oxygen atoms in total. The van der Waals surface area contributed by atoms with Gasteiger partial charge in [0.15, 0.2) is 5.82 Å². The first kappa shape index (κ1) is 25.2. The van der Waals surface area contributed by atoms with Gasteiger partial charge in [0.2, 0.25) is 11.8 Å². The van der Waals surface area contributed by atoms with Crippen molar-refractivity contribution in [2.24, 2.45) is 5.92 Å². The normalized spacial score (nSPS) is 14.0. The zero-order valence-corrected chi connectivity index (χ0v) is 20.4. The summed E-state index contributed by atoms with van der Waals surface area (Å²) in [6, 6.07) is 11.7. The van der Waals surface area contributed by atoms with Gasteiger partial charge in [-0.15, -0.1) is 16.8 Å². The quantitative estimate of drug-likeness (QED) is 0.529. The van der Waals surface area contributed by atoms with Crippen LogP contribution in [0.2, 0.25) is 0 Å². The topological polar surface area (TPSA) is 78.9 Å². The van der Waals surface area contributed by atoms with E-state index in [0.717, 1.165) is 35.8 Å². The monoisotopic (exact) mass is 465 g/mol. The third kappa shape index (κ3) is 6.79. The molecule has 1 aromatic carbocycles. The number of methoxy groups -OCH3 is 1. The Labute approximate surface area is 202 Å². The predicted molar refractivity (Wildman–Crippen MR) is 134 cm³/mol. The molecule has 0 aliphatic carbocycles. The van der Waals surface area contributed by atoms with Gasteiger partial charge < -0.3 is 19.4 Å². The van der Waals surface area contributed by atoms with Crippen LogP contribution in [0.5, 0.6) is 5.75 Å². The molecule has 2 aromatic rings. The lowest BCUT2D eigenvalue weighted by Gasteiger charge is -2.27. The standard InChI is InChI=1S/C26H35N5O3/c1-5-12-31(25(32)17-20(2)3)19-26(33)30-14-7-13-29(15-16-30)24-11-10-23(27-28-24)21-8-6-9-22(18-21)34-4/h5-6,8-11,18,20H,1,7,12-17,19H2,2-4H3. The summed E-state index contributed by atoms with van der Waals surface area (Å²) in [5, 5.41) is 8.84. The fourth-order valence-electron chi connectivity index (χ4n) is 3.98. The van der Waals surface area contributed by atoms with Crippen molar-refractivity contribution >= 4 is 17.6 Å². The van der Waals surface area contributed by atoms with Crippen molar-refractivity contribution in [3.8, 4) is 17.0 Å². The maximum Gasteiger partial charge on any atom is 0.242 e. The van der Waals surface area contributed by atoms with Crippen LogP contribution in [0.3, 0.4) is 0 Å². The Morgan fingerprint density at radius 3 is 2.65 bits per heavy atom. The average molecular weight is 466 g/mol. The second-order valence-electron chi connectivity index (χ2n) is 8.89. The van der Waals surface area contributed by atoms with Crippen molar-refractivity contribution in [2.45, 2.75) is 26.7 Å². The van der Waals surface area contributed by atoms with Crippen LogP contribution in [0.15, 0.2) is 49.1 Å². The van der Waals surface area contributed by atoms with E-state index in [1.807, 2.05) is 55.1 Å². The number of nitrogens with zero attached hydrogens (tertiary/aromatic N) is 5. The molecule has 3 rings (SSSR count). The lowest BCUT2D eigenvalue weighted by Crippen LogP contribution is -2.44. The Kier molecular flexibility index (Phi) is 9.01. The van der Waals surface area contributed by atoms with Crippen molar-refractivity contribution in [3.63, 3.8) is 0 Å². The van der Waals surface area contributed by atoms with E-state index >= 15 is 0 Å². The first-order valence-electron chi connectivity index (χ1n) is 11.8. The molecule has 0 unspecified atom stereocenters. The van der Waals surface area contributed by atoms with E-state index in [9.17, 15) is 9.59 Å². The number of aromatic nitrogens is 2. The Morgan fingerprint density at radius 2 is 1.97 bits per heavy atom. The first-order chi connectivity index (χ1) is 16.4. The van der Waals surface area contributed by atoms with Crippen molar-refractivity contribution in [1.82, 2.24) is 20.0 Å². The van der Waals surface area contributed by atoms with Crippen LogP contribution in [-0.4, -0.2) is 78.2 Å². The third-order valence-electron chi connectivity index (χ3n) is 5.80. The summed E-state index contributed by atoms with van der Waals surface area (Å²) in [5.41, 5.74) is 1.73. The summed E-state index contributed by atoms with van der Waals surface area (Å²) in [6.07, 6.45) is 2.93. The Bertz CT molecular complexity index is 977. The number of ether oxygens (including phenoxy) is 1. The van der Waals surface area contributed by atoms with Crippen LogP contribution in [-0.2, 0) is 9.59 Å². The second-order valence-corrected chi connectivity index (χ2v) is 8.89. The molecule has 0 saturated carbocycles. The summed E-state index contributed by atoms with van der Waals surface area (Å²) in [5.74, 6) is 1.78. The van der Waals surface area contributed by atoms with E-state index in [1.54, 1.807) is 18.1 Å². The number of carbonyl (C=O) groups excluding carboxylic acids is 2. The van der Waals surface area contributed by atoms with E-state index in [1.165, 1.54) is 0 Å². The number of hydrogen-bond donors (Lipinski definition) is 0. The zero-order chi connectivity index (χ0) is 24.5. The van der Waals surface area contributed by atoms with Gasteiger partial charge in [-0.05, 0) is 36.6 Å². The maximum absolute atomic E-state index is 13.0. The lowest BCUT2D eigenvalue weighted by molar-refractivity contribution is -0.140. The fourth-order valence-corrected chi connectivity index (χ4v) is 3.98. The summed E-state index contributed by atoms with van der Waals surface area (Å²) in [7, 11) is 1.64. The van der Waals surface area contributed by atoms with Crippen LogP contribution in [0.1, 0.15) is 26.7 Å². The van der Waals surface area contributed by atoms with Crippen LogP contribution in [0, 0.1) is 5.92 Å². The molecule has 1 aliphatic heterocycles. The van der Waals surface area contributed by atoms with Gasteiger partial charge in [-0.1, -0.05) is 32.1 Å². The highest BCUT2D eigenvalue weighted by atomic mass is 16.5. The SMILES string of the molecule is C=CCN(CC(=O)N1CCCN(c2ccc(-c3cccc(OC)c3)nn2)CC1)C(=O)CC(C)C. The van der Waals surface area contributed by atoms with E-state index in [0.29, 0.717) is 32.6 Å². The van der Waals surface area contributed by atoms with Crippen molar-refractivity contribution < 1.29 is 14.3 Å². The van der Waals surface area contributed by atoms with Gasteiger partial charge in [0, 0.05) is 44.7 Å². The van der Waals surface area contributed by atoms with E-state index in [2.05, 4.69) is 21.7 Å². The molecule has 0 radical (unpaired) electrons. The number of rotatable bonds is 9. The van der Waals surface area contributed by atoms with Gasteiger partial charge in [0.1, 0.15) is 12.3 Å². The molecular weight excluding hydrogens is 430 g/mol. The van der Waals surface area contributed by atoms with Gasteiger partial charge in [0.05, 0.1) is 12.8 Å². The number of anilines is 1. The highest BCUT2D eigenvalue weighted by Crippen LogP contribution is 2.23. The minimum Gasteiger partial charge on any atom is -0.497 e. The zero-order valence-electron chi connectivity index (χ0n) is 20.4. The molecule has 0 N–H and O–H groups in total. The highest BCUT2D eigenvalue weighted by Gasteiger charge is 2.24. The predicted octanol–water partition coefficient (Wildman–Crippen LogP) is 3.25. The largest absolute Gasteiger partial charge is 0.497 e. The molecule has 0 spiro atoms. The molecule has 34 heavy (non-hydrogen) atoms. The summed E-state index contributed by atoms with van der Waals surface area (Å²) < 4.78 is 5.29. The molecule has 0 atom stereocenters. The van der Waals surface area contributed by atoms with Crippen LogP contribution < -0.4 is 9.64 Å². The van der Waals surface area contributed by atoms with E-state index < -0.39 is 0 Å². The summed E-state index contributed by atoms with van der Waals surface area (Å²) in [4.78, 5) is 31.1. The molecular formula is C26H35N5O3. The number of amides is 2. The summed E-state index contributed by atoms with van der Waals surface area (Å²) >= 11 is 0. The Hall–Kier alpha value is -3.42. The van der Waals surface area contributed by atoms with Gasteiger partial charge in [-0.2, -0.15) is 0 Å². The molecule has 182 valence electrons. The highest BCUT2D eigenvalue weighted by molar-refractivity contribution is 5.85. The van der Waals surface area contributed by atoms with Crippen LogP contribution in [0.4, 0.5) is 5.82 Å². The fraction of sp³-hybridized carbons (Fsp3) is 0.462. The summed E-state index contributed by atoms with van der Waals surface area (Å²) in [6.45, 7) is 10.9. The lowest BCUT2D eigenvalue weighted by atomic mass is 10.1. The second kappa shape index (κ2) is 12.2. The molecule has 8 heteroatoms. The van der Waals surface area contributed by atoms with Gasteiger partial charge in [-0.3, -0.25) is 9.59 Å². The Balaban J connectivity index is 1.60. The van der Waals surface area contributed by atoms with Gasteiger partial charge >= 0.3 is 0 Å². The third-order valence-corrected chi connectivity index (χ3v) is 5.80. The number of benzene rings is 1. The molecule has 1 fully saturated rings. The number of carbonyl (C=O) groups is 2. The van der Waals surface area contributed by atoms with Crippen LogP contribution >= 0.6 is 0 Å². The van der Waals surface area contributed by atoms with Gasteiger partial charge in [0.25, 0.3) is 0 Å². The minimum atomic E-state index is -0.0275. The van der Waals surface area contributed by atoms with Crippen LogP contribution in [0.25, 0.3) is 11.3 Å². The average Bonchev–Trinajstić information content (AvgIpc) is 3.10. The molecule has 1 aliphatic rings. The van der Waals surface area contributed by atoms with E-state index in [4.69, 9.17) is 4.74 Å². The molecule has 1 aromatic heterocycles. The Morgan fingerprint density at radius 1 is 1.15 bits per heavy atom. The first-order valence-corrected chi connectivity index (χ1v) is 11.8.